The summed E-state index contributed by atoms with van der Waals surface area (Å²) < 4.78 is 11.9. The summed E-state index contributed by atoms with van der Waals surface area (Å²) in [6, 6.07) is 5.42. The minimum Gasteiger partial charge on any atom is -0.494 e. The summed E-state index contributed by atoms with van der Waals surface area (Å²) in [5.74, 6) is 1.34. The van der Waals surface area contributed by atoms with Crippen LogP contribution in [0.15, 0.2) is 18.2 Å². The second-order valence-corrected chi connectivity index (χ2v) is 7.58. The maximum absolute atomic E-state index is 6.04. The highest BCUT2D eigenvalue weighted by atomic mass is 35.5. The van der Waals surface area contributed by atoms with Crippen LogP contribution < -0.4 is 4.74 Å². The normalized spacial score (nSPS) is 21.4. The minimum absolute atomic E-state index is 0.317. The molecule has 1 aromatic rings. The lowest BCUT2D eigenvalue weighted by Crippen LogP contribution is -2.45. The zero-order valence-corrected chi connectivity index (χ0v) is 17.0. The van der Waals surface area contributed by atoms with E-state index < -0.39 is 0 Å². The number of benzene rings is 1. The molecule has 25 heavy (non-hydrogen) atoms. The molecule has 0 bridgehead atoms. The Morgan fingerprint density at radius 2 is 2.00 bits per heavy atom. The molecule has 0 spiro atoms. The first-order valence-corrected chi connectivity index (χ1v) is 10.3. The molecular weight excluding hydrogens is 357 g/mol. The molecule has 1 aliphatic heterocycles. The standard InChI is InChI=1S/C20H31Cl2NO2/c1-3-5-6-11-23-12-9-16(20(15-23)24-4-2)10-13-25-17-7-8-18(21)19(22)14-17/h7-8,14,16,20H,3-6,9-13,15H2,1-2H3/t16-,20+/m1/s1. The molecule has 3 nitrogen and oxygen atoms in total. The van der Waals surface area contributed by atoms with Gasteiger partial charge in [0.2, 0.25) is 0 Å². The molecular formula is C20H31Cl2NO2. The number of halogens is 2. The van der Waals surface area contributed by atoms with E-state index in [1.165, 1.54) is 38.8 Å². The fourth-order valence-corrected chi connectivity index (χ4v) is 3.73. The molecule has 0 aromatic heterocycles. The van der Waals surface area contributed by atoms with Gasteiger partial charge in [0.15, 0.2) is 0 Å². The first-order chi connectivity index (χ1) is 12.1. The summed E-state index contributed by atoms with van der Waals surface area (Å²) in [6.45, 7) is 9.21. The summed E-state index contributed by atoms with van der Waals surface area (Å²) in [6.07, 6.45) is 6.39. The maximum atomic E-state index is 6.04. The predicted octanol–water partition coefficient (Wildman–Crippen LogP) is 5.68. The van der Waals surface area contributed by atoms with E-state index in [1.807, 2.05) is 6.07 Å². The van der Waals surface area contributed by atoms with E-state index >= 15 is 0 Å². The number of hydrogen-bond donors (Lipinski definition) is 0. The van der Waals surface area contributed by atoms with E-state index in [1.54, 1.807) is 12.1 Å². The van der Waals surface area contributed by atoms with Gasteiger partial charge in [0.05, 0.1) is 22.8 Å². The Balaban J connectivity index is 1.78. The number of likely N-dealkylation sites (tertiary alicyclic amines) is 1. The Kier molecular flexibility index (Phi) is 9.40. The molecule has 1 aliphatic rings. The quantitative estimate of drug-likeness (QED) is 0.482. The first kappa shape index (κ1) is 20.8. The molecule has 2 rings (SSSR count). The number of rotatable bonds is 10. The molecule has 0 amide bonds. The van der Waals surface area contributed by atoms with Crippen LogP contribution in [0, 0.1) is 5.92 Å². The zero-order chi connectivity index (χ0) is 18.1. The maximum Gasteiger partial charge on any atom is 0.120 e. The summed E-state index contributed by atoms with van der Waals surface area (Å²) in [5.41, 5.74) is 0. The van der Waals surface area contributed by atoms with Crippen molar-refractivity contribution in [2.45, 2.75) is 52.1 Å². The molecule has 1 aromatic carbocycles. The van der Waals surface area contributed by atoms with Crippen LogP contribution in [-0.4, -0.2) is 43.9 Å². The molecule has 1 fully saturated rings. The van der Waals surface area contributed by atoms with E-state index in [4.69, 9.17) is 32.7 Å². The number of piperidine rings is 1. The zero-order valence-electron chi connectivity index (χ0n) is 15.5. The summed E-state index contributed by atoms with van der Waals surface area (Å²) in [5, 5.41) is 1.09. The number of nitrogens with zero attached hydrogens (tertiary/aromatic N) is 1. The van der Waals surface area contributed by atoms with Gasteiger partial charge in [-0.2, -0.15) is 0 Å². The predicted molar refractivity (Wildman–Crippen MR) is 106 cm³/mol. The van der Waals surface area contributed by atoms with E-state index in [-0.39, 0.29) is 0 Å². The molecule has 1 heterocycles. The molecule has 142 valence electrons. The van der Waals surface area contributed by atoms with Gasteiger partial charge in [-0.05, 0) is 57.3 Å². The van der Waals surface area contributed by atoms with Crippen molar-refractivity contribution in [3.8, 4) is 5.75 Å². The number of hydrogen-bond acceptors (Lipinski definition) is 3. The third-order valence-electron chi connectivity index (χ3n) is 4.89. The Bertz CT molecular complexity index is 512. The van der Waals surface area contributed by atoms with E-state index in [0.29, 0.717) is 28.7 Å². The highest BCUT2D eigenvalue weighted by molar-refractivity contribution is 6.42. The minimum atomic E-state index is 0.317. The molecule has 2 atom stereocenters. The van der Waals surface area contributed by atoms with Crippen LogP contribution in [-0.2, 0) is 4.74 Å². The van der Waals surface area contributed by atoms with Crippen LogP contribution in [0.3, 0.4) is 0 Å². The number of ether oxygens (including phenoxy) is 2. The summed E-state index contributed by atoms with van der Waals surface area (Å²) >= 11 is 12.0. The fraction of sp³-hybridized carbons (Fsp3) is 0.700. The highest BCUT2D eigenvalue weighted by Crippen LogP contribution is 2.28. The molecule has 1 saturated heterocycles. The lowest BCUT2D eigenvalue weighted by atomic mass is 9.90. The van der Waals surface area contributed by atoms with Crippen LogP contribution in [0.25, 0.3) is 0 Å². The Hall–Kier alpha value is -0.480. The van der Waals surface area contributed by atoms with Crippen molar-refractivity contribution in [2.24, 2.45) is 5.92 Å². The molecule has 0 unspecified atom stereocenters. The van der Waals surface area contributed by atoms with Gasteiger partial charge in [0, 0.05) is 19.2 Å². The van der Waals surface area contributed by atoms with Crippen molar-refractivity contribution < 1.29 is 9.47 Å². The van der Waals surface area contributed by atoms with E-state index in [0.717, 1.165) is 25.3 Å². The molecule has 0 aliphatic carbocycles. The number of unbranched alkanes of at least 4 members (excludes halogenated alkanes) is 2. The van der Waals surface area contributed by atoms with Crippen molar-refractivity contribution in [2.75, 3.05) is 32.8 Å². The Morgan fingerprint density at radius 1 is 1.16 bits per heavy atom. The topological polar surface area (TPSA) is 21.7 Å². The largest absolute Gasteiger partial charge is 0.494 e. The second-order valence-electron chi connectivity index (χ2n) is 6.76. The lowest BCUT2D eigenvalue weighted by Gasteiger charge is -2.38. The van der Waals surface area contributed by atoms with Crippen molar-refractivity contribution in [3.63, 3.8) is 0 Å². The smallest absolute Gasteiger partial charge is 0.120 e. The van der Waals surface area contributed by atoms with Gasteiger partial charge in [0.1, 0.15) is 5.75 Å². The van der Waals surface area contributed by atoms with Gasteiger partial charge in [-0.3, -0.25) is 0 Å². The van der Waals surface area contributed by atoms with Gasteiger partial charge in [-0.15, -0.1) is 0 Å². The lowest BCUT2D eigenvalue weighted by molar-refractivity contribution is -0.0383. The van der Waals surface area contributed by atoms with Gasteiger partial charge in [-0.1, -0.05) is 43.0 Å². The van der Waals surface area contributed by atoms with Crippen LogP contribution in [0.2, 0.25) is 10.0 Å². The van der Waals surface area contributed by atoms with Gasteiger partial charge >= 0.3 is 0 Å². The average Bonchev–Trinajstić information content (AvgIpc) is 2.60. The van der Waals surface area contributed by atoms with Crippen LogP contribution >= 0.6 is 23.2 Å². The molecule has 0 saturated carbocycles. The third-order valence-corrected chi connectivity index (χ3v) is 5.63. The molecule has 0 N–H and O–H groups in total. The molecule has 5 heteroatoms. The fourth-order valence-electron chi connectivity index (χ4n) is 3.45. The van der Waals surface area contributed by atoms with Crippen LogP contribution in [0.1, 0.15) is 46.0 Å². The third kappa shape index (κ3) is 6.97. The SMILES string of the molecule is CCCCCN1CC[C@H](CCOc2ccc(Cl)c(Cl)c2)[C@@H](OCC)C1. The Labute approximate surface area is 162 Å². The van der Waals surface area contributed by atoms with Gasteiger partial charge in [0.25, 0.3) is 0 Å². The van der Waals surface area contributed by atoms with Crippen molar-refractivity contribution >= 4 is 23.2 Å². The van der Waals surface area contributed by atoms with Gasteiger partial charge in [-0.25, -0.2) is 0 Å². The van der Waals surface area contributed by atoms with Crippen LogP contribution in [0.5, 0.6) is 5.75 Å². The van der Waals surface area contributed by atoms with Crippen molar-refractivity contribution in [1.82, 2.24) is 4.90 Å². The van der Waals surface area contributed by atoms with E-state index in [9.17, 15) is 0 Å². The second kappa shape index (κ2) is 11.3. The highest BCUT2D eigenvalue weighted by Gasteiger charge is 2.29. The first-order valence-electron chi connectivity index (χ1n) is 9.55. The molecule has 0 radical (unpaired) electrons. The van der Waals surface area contributed by atoms with E-state index in [2.05, 4.69) is 18.7 Å². The van der Waals surface area contributed by atoms with Crippen LogP contribution in [0.4, 0.5) is 0 Å². The van der Waals surface area contributed by atoms with Gasteiger partial charge < -0.3 is 14.4 Å². The monoisotopic (exact) mass is 387 g/mol. The van der Waals surface area contributed by atoms with Crippen molar-refractivity contribution in [3.05, 3.63) is 28.2 Å². The average molecular weight is 388 g/mol. The summed E-state index contributed by atoms with van der Waals surface area (Å²) in [4.78, 5) is 2.56. The summed E-state index contributed by atoms with van der Waals surface area (Å²) in [7, 11) is 0. The Morgan fingerprint density at radius 3 is 2.72 bits per heavy atom. The van der Waals surface area contributed by atoms with Crippen molar-refractivity contribution in [1.29, 1.82) is 0 Å².